The van der Waals surface area contributed by atoms with Gasteiger partial charge in [-0.1, -0.05) is 18.2 Å². The maximum Gasteiger partial charge on any atom is 0.0659 e. The van der Waals surface area contributed by atoms with Crippen molar-refractivity contribution in [2.45, 2.75) is 11.4 Å². The van der Waals surface area contributed by atoms with Gasteiger partial charge in [0, 0.05) is 33.5 Å². The van der Waals surface area contributed by atoms with Gasteiger partial charge in [-0.25, -0.2) is 14.3 Å². The highest BCUT2D eigenvalue weighted by Gasteiger charge is 2.14. The molecular weight excluding hydrogens is 438 g/mol. The molecule has 0 atom stereocenters. The summed E-state index contributed by atoms with van der Waals surface area (Å²) in [5, 5.41) is 0. The molecule has 0 radical (unpaired) electrons. The summed E-state index contributed by atoms with van der Waals surface area (Å²) in [6.07, 6.45) is 8.05. The lowest BCUT2D eigenvalue weighted by atomic mass is 10.2. The van der Waals surface area contributed by atoms with E-state index >= 15 is 0 Å². The second-order valence-corrected chi connectivity index (χ2v) is 9.64. The number of nitrogens with one attached hydrogen (secondary N) is 2. The van der Waals surface area contributed by atoms with Gasteiger partial charge in [0.15, 0.2) is 0 Å². The number of hydrogen-bond donors (Lipinski definition) is 2. The lowest BCUT2D eigenvalue weighted by Gasteiger charge is -2.00. The van der Waals surface area contributed by atoms with E-state index in [-0.39, 0.29) is 0 Å². The molecule has 0 amide bonds. The summed E-state index contributed by atoms with van der Waals surface area (Å²) in [5.41, 5.74) is 9.31. The van der Waals surface area contributed by atoms with Gasteiger partial charge in [-0.05, 0) is 103 Å². The maximum atomic E-state index is 4.62. The minimum Gasteiger partial charge on any atom is -0.355 e. The summed E-state index contributed by atoms with van der Waals surface area (Å²) in [6.45, 7) is 1.08. The molecule has 3 aromatic heterocycles. The Kier molecular flexibility index (Phi) is 5.37. The molecule has 6 heterocycles. The largest absolute Gasteiger partial charge is 0.355 e. The van der Waals surface area contributed by atoms with E-state index in [9.17, 15) is 0 Å². The van der Waals surface area contributed by atoms with Crippen molar-refractivity contribution in [3.63, 3.8) is 0 Å². The van der Waals surface area contributed by atoms with E-state index in [0.29, 0.717) is 0 Å². The molecule has 34 heavy (non-hydrogen) atoms. The summed E-state index contributed by atoms with van der Waals surface area (Å²) in [4.78, 5) is 17.4. The van der Waals surface area contributed by atoms with Crippen molar-refractivity contribution in [3.8, 4) is 0 Å². The fraction of sp³-hybridized carbons (Fsp3) is 0.0714. The minimum absolute atomic E-state index is 0.915. The third-order valence-electron chi connectivity index (χ3n) is 5.66. The molecule has 0 fully saturated rings. The Bertz CT molecular complexity index is 1480. The Balaban J connectivity index is 0.000000182. The van der Waals surface area contributed by atoms with E-state index in [1.54, 1.807) is 0 Å². The van der Waals surface area contributed by atoms with E-state index in [0.717, 1.165) is 51.4 Å². The molecule has 0 unspecified atom stereocenters. The first-order chi connectivity index (χ1) is 16.7. The maximum absolute atomic E-state index is 4.62. The van der Waals surface area contributed by atoms with Gasteiger partial charge in [-0.2, -0.15) is 0 Å². The number of H-pyrrole nitrogens is 2. The molecule has 7 rings (SSSR count). The Morgan fingerprint density at radius 1 is 0.647 bits per heavy atom. The predicted octanol–water partition coefficient (Wildman–Crippen LogP) is 6.79. The van der Waals surface area contributed by atoms with Crippen LogP contribution in [0.25, 0.3) is 46.4 Å². The summed E-state index contributed by atoms with van der Waals surface area (Å²) in [6, 6.07) is 24.9. The van der Waals surface area contributed by atoms with Gasteiger partial charge in [0.05, 0.1) is 22.8 Å². The monoisotopic (exact) mass is 461 g/mol. The van der Waals surface area contributed by atoms with Crippen LogP contribution in [0.4, 0.5) is 0 Å². The average molecular weight is 462 g/mol. The number of benzene rings is 1. The van der Waals surface area contributed by atoms with Crippen LogP contribution in [0.2, 0.25) is 0 Å². The second kappa shape index (κ2) is 8.82. The minimum atomic E-state index is 0.915. The molecule has 3 aliphatic rings. The lowest BCUT2D eigenvalue weighted by molar-refractivity contribution is 0.581. The molecule has 0 saturated carbocycles. The van der Waals surface area contributed by atoms with Gasteiger partial charge in [0.2, 0.25) is 0 Å². The lowest BCUT2D eigenvalue weighted by Crippen LogP contribution is -1.99. The number of fused-ring (bicyclic) bond motifs is 9. The Hall–Kier alpha value is -3.87. The summed E-state index contributed by atoms with van der Waals surface area (Å²) in [7, 11) is 2.12. The van der Waals surface area contributed by atoms with Crippen LogP contribution in [0.1, 0.15) is 28.3 Å². The number of rotatable bonds is 0. The predicted molar refractivity (Wildman–Crippen MR) is 143 cm³/mol. The number of aromatic amines is 2. The van der Waals surface area contributed by atoms with E-state index < -0.39 is 0 Å². The number of aromatic nitrogens is 4. The fourth-order valence-corrected chi connectivity index (χ4v) is 5.04. The molecule has 0 saturated heterocycles. The van der Waals surface area contributed by atoms with E-state index in [1.807, 2.05) is 54.5 Å². The van der Waals surface area contributed by atoms with Crippen molar-refractivity contribution in [2.75, 3.05) is 7.05 Å². The zero-order valence-electron chi connectivity index (χ0n) is 18.7. The van der Waals surface area contributed by atoms with Crippen molar-refractivity contribution in [1.82, 2.24) is 24.2 Å². The molecule has 8 bridgehead atoms. The van der Waals surface area contributed by atoms with Crippen LogP contribution >= 0.6 is 11.9 Å². The first kappa shape index (κ1) is 20.7. The summed E-state index contributed by atoms with van der Waals surface area (Å²) in [5.74, 6) is 0. The van der Waals surface area contributed by atoms with E-state index in [4.69, 9.17) is 0 Å². The molecule has 166 valence electrons. The zero-order chi connectivity index (χ0) is 22.9. The Morgan fingerprint density at radius 3 is 1.71 bits per heavy atom. The van der Waals surface area contributed by atoms with Crippen molar-refractivity contribution in [1.29, 1.82) is 0 Å². The van der Waals surface area contributed by atoms with Gasteiger partial charge in [0.1, 0.15) is 0 Å². The summed E-state index contributed by atoms with van der Waals surface area (Å²) >= 11 is 1.82. The van der Waals surface area contributed by atoms with Gasteiger partial charge >= 0.3 is 0 Å². The molecule has 6 heteroatoms. The van der Waals surface area contributed by atoms with Crippen LogP contribution < -0.4 is 0 Å². The van der Waals surface area contributed by atoms with Crippen LogP contribution in [-0.4, -0.2) is 31.3 Å². The van der Waals surface area contributed by atoms with Crippen LogP contribution in [0.5, 0.6) is 0 Å². The average Bonchev–Trinajstić information content (AvgIpc) is 3.63. The first-order valence-corrected chi connectivity index (χ1v) is 12.0. The standard InChI is InChI=1S/C20H14N4.C8H9NS/c1-2-14-10-16-5-6-18(23-16)12-20-8-7-19(24-20)11-17-4-3-15(22-17)9-13(1)21-14;1-9-6-7-4-2-3-5-8(7)10-9/h1-12,21-22H;2-5H,6H2,1H3. The highest BCUT2D eigenvalue weighted by atomic mass is 32.2. The molecule has 1 aromatic carbocycles. The van der Waals surface area contributed by atoms with Gasteiger partial charge in [-0.15, -0.1) is 0 Å². The molecule has 2 N–H and O–H groups in total. The molecule has 0 spiro atoms. The number of hydrogen-bond acceptors (Lipinski definition) is 4. The highest BCUT2D eigenvalue weighted by molar-refractivity contribution is 7.97. The van der Waals surface area contributed by atoms with Crippen LogP contribution in [0.15, 0.2) is 77.7 Å². The smallest absolute Gasteiger partial charge is 0.0659 e. The van der Waals surface area contributed by atoms with Crippen molar-refractivity contribution >= 4 is 58.3 Å². The zero-order valence-corrected chi connectivity index (χ0v) is 19.5. The number of nitrogens with zero attached hydrogens (tertiary/aromatic N) is 3. The van der Waals surface area contributed by atoms with Crippen molar-refractivity contribution in [2.24, 2.45) is 0 Å². The fourth-order valence-electron chi connectivity index (χ4n) is 4.11. The van der Waals surface area contributed by atoms with Crippen molar-refractivity contribution < 1.29 is 0 Å². The Labute approximate surface area is 202 Å². The molecule has 4 aromatic rings. The van der Waals surface area contributed by atoms with Gasteiger partial charge < -0.3 is 9.97 Å². The van der Waals surface area contributed by atoms with Crippen LogP contribution in [0, 0.1) is 0 Å². The van der Waals surface area contributed by atoms with Crippen molar-refractivity contribution in [3.05, 3.63) is 101 Å². The van der Waals surface area contributed by atoms with E-state index in [1.165, 1.54) is 10.5 Å². The molecule has 3 aliphatic heterocycles. The highest BCUT2D eigenvalue weighted by Crippen LogP contribution is 2.33. The first-order valence-electron chi connectivity index (χ1n) is 11.2. The van der Waals surface area contributed by atoms with Gasteiger partial charge in [0.25, 0.3) is 0 Å². The van der Waals surface area contributed by atoms with Crippen LogP contribution in [0.3, 0.4) is 0 Å². The third-order valence-corrected chi connectivity index (χ3v) is 6.70. The molecular formula is C28H23N5S. The Morgan fingerprint density at radius 2 is 1.15 bits per heavy atom. The van der Waals surface area contributed by atoms with Gasteiger partial charge in [-0.3, -0.25) is 0 Å². The van der Waals surface area contributed by atoms with Crippen LogP contribution in [-0.2, 0) is 6.54 Å². The normalized spacial score (nSPS) is 14.0. The molecule has 0 aliphatic carbocycles. The summed E-state index contributed by atoms with van der Waals surface area (Å²) < 4.78 is 2.24. The quantitative estimate of drug-likeness (QED) is 0.244. The third kappa shape index (κ3) is 4.59. The topological polar surface area (TPSA) is 60.6 Å². The second-order valence-electron chi connectivity index (χ2n) is 8.39. The SMILES string of the molecule is C1=Cc2cc3ccc(cc4ccc(cc5nc(cc1n2)C=C5)[nH]4)[nH]3.CN1Cc2ccccc2S1. The molecule has 5 nitrogen and oxygen atoms in total. The van der Waals surface area contributed by atoms with E-state index in [2.05, 4.69) is 85.9 Å².